The molecule has 2 saturated heterocycles. The summed E-state index contributed by atoms with van der Waals surface area (Å²) in [5.41, 5.74) is 0.294. The Morgan fingerprint density at radius 2 is 2.30 bits per heavy atom. The quantitative estimate of drug-likeness (QED) is 0.925. The van der Waals surface area contributed by atoms with Crippen molar-refractivity contribution in [2.24, 2.45) is 5.92 Å². The van der Waals surface area contributed by atoms with Crippen LogP contribution in [0.2, 0.25) is 0 Å². The zero-order valence-electron chi connectivity index (χ0n) is 13.2. The van der Waals surface area contributed by atoms with Gasteiger partial charge in [-0.05, 0) is 43.4 Å². The number of carbonyl (C=O) groups excluding carboxylic acids is 1. The van der Waals surface area contributed by atoms with Gasteiger partial charge < -0.3 is 19.5 Å². The molecule has 1 amide bonds. The number of benzene rings is 1. The van der Waals surface area contributed by atoms with Crippen molar-refractivity contribution in [3.8, 4) is 5.75 Å². The molecule has 1 spiro atoms. The number of nitrogens with zero attached hydrogens (tertiary/aromatic N) is 1. The molecule has 2 atom stereocenters. The van der Waals surface area contributed by atoms with Crippen LogP contribution in [0.25, 0.3) is 0 Å². The Balaban J connectivity index is 1.36. The van der Waals surface area contributed by atoms with Gasteiger partial charge >= 0.3 is 0 Å². The molecular formula is C18H23NO4. The van der Waals surface area contributed by atoms with Crippen molar-refractivity contribution in [3.63, 3.8) is 0 Å². The molecule has 1 saturated carbocycles. The number of aromatic hydroxyl groups is 1. The standard InChI is InChI=1S/C18H23NO4/c20-15-3-1-2-14(8-15)17(21)19-7-6-18(12-19)9-16(11-23-18)22-10-13-4-5-13/h1-3,8,13,16,20H,4-7,9-12H2. The largest absolute Gasteiger partial charge is 0.508 e. The van der Waals surface area contributed by atoms with E-state index in [2.05, 4.69) is 0 Å². The summed E-state index contributed by atoms with van der Waals surface area (Å²) in [4.78, 5) is 14.4. The molecule has 1 aromatic carbocycles. The van der Waals surface area contributed by atoms with Gasteiger partial charge in [-0.25, -0.2) is 0 Å². The lowest BCUT2D eigenvalue weighted by atomic mass is 9.98. The number of carbonyl (C=O) groups is 1. The van der Waals surface area contributed by atoms with Crippen molar-refractivity contribution in [1.82, 2.24) is 4.90 Å². The summed E-state index contributed by atoms with van der Waals surface area (Å²) in [5.74, 6) is 0.845. The van der Waals surface area contributed by atoms with Crippen LogP contribution in [0.15, 0.2) is 24.3 Å². The van der Waals surface area contributed by atoms with E-state index in [4.69, 9.17) is 9.47 Å². The zero-order chi connectivity index (χ0) is 15.9. The maximum absolute atomic E-state index is 12.6. The van der Waals surface area contributed by atoms with Crippen molar-refractivity contribution < 1.29 is 19.4 Å². The number of likely N-dealkylation sites (tertiary alicyclic amines) is 1. The fourth-order valence-electron chi connectivity index (χ4n) is 3.59. The molecule has 1 N–H and O–H groups in total. The first-order valence-electron chi connectivity index (χ1n) is 8.47. The number of hydrogen-bond donors (Lipinski definition) is 1. The second-order valence-corrected chi connectivity index (χ2v) is 7.12. The first kappa shape index (κ1) is 15.0. The Morgan fingerprint density at radius 1 is 1.43 bits per heavy atom. The van der Waals surface area contributed by atoms with Crippen molar-refractivity contribution in [1.29, 1.82) is 0 Å². The van der Waals surface area contributed by atoms with E-state index in [9.17, 15) is 9.90 Å². The van der Waals surface area contributed by atoms with Crippen LogP contribution in [0.4, 0.5) is 0 Å². The van der Waals surface area contributed by atoms with Gasteiger partial charge in [0.25, 0.3) is 5.91 Å². The number of ether oxygens (including phenoxy) is 2. The molecule has 5 nitrogen and oxygen atoms in total. The molecule has 4 rings (SSSR count). The van der Waals surface area contributed by atoms with Gasteiger partial charge in [-0.1, -0.05) is 6.07 Å². The highest BCUT2D eigenvalue weighted by molar-refractivity contribution is 5.94. The fraction of sp³-hybridized carbons (Fsp3) is 0.611. The van der Waals surface area contributed by atoms with Gasteiger partial charge in [-0.2, -0.15) is 0 Å². The van der Waals surface area contributed by atoms with Crippen molar-refractivity contribution in [3.05, 3.63) is 29.8 Å². The molecular weight excluding hydrogens is 294 g/mol. The smallest absolute Gasteiger partial charge is 0.254 e. The van der Waals surface area contributed by atoms with Gasteiger partial charge in [-0.15, -0.1) is 0 Å². The summed E-state index contributed by atoms with van der Waals surface area (Å²) in [6.45, 7) is 2.81. The van der Waals surface area contributed by atoms with Gasteiger partial charge in [0.15, 0.2) is 0 Å². The molecule has 0 aromatic heterocycles. The molecule has 3 fully saturated rings. The van der Waals surface area contributed by atoms with E-state index in [0.717, 1.165) is 25.4 Å². The van der Waals surface area contributed by atoms with E-state index >= 15 is 0 Å². The molecule has 2 aliphatic heterocycles. The SMILES string of the molecule is O=C(c1cccc(O)c1)N1CCC2(CC(OCC3CC3)CO2)C1. The molecule has 2 unspecified atom stereocenters. The summed E-state index contributed by atoms with van der Waals surface area (Å²) in [7, 11) is 0. The van der Waals surface area contributed by atoms with Crippen LogP contribution in [0.1, 0.15) is 36.0 Å². The monoisotopic (exact) mass is 317 g/mol. The maximum atomic E-state index is 12.6. The van der Waals surface area contributed by atoms with E-state index < -0.39 is 0 Å². The van der Waals surface area contributed by atoms with Crippen LogP contribution < -0.4 is 0 Å². The summed E-state index contributed by atoms with van der Waals surface area (Å²) in [6, 6.07) is 6.53. The highest BCUT2D eigenvalue weighted by Crippen LogP contribution is 2.38. The van der Waals surface area contributed by atoms with Gasteiger partial charge in [0.2, 0.25) is 0 Å². The Hall–Kier alpha value is -1.59. The van der Waals surface area contributed by atoms with Gasteiger partial charge in [0.05, 0.1) is 24.9 Å². The van der Waals surface area contributed by atoms with Crippen molar-refractivity contribution in [2.75, 3.05) is 26.3 Å². The lowest BCUT2D eigenvalue weighted by Gasteiger charge is -2.23. The number of hydrogen-bond acceptors (Lipinski definition) is 4. The highest BCUT2D eigenvalue weighted by atomic mass is 16.6. The Bertz CT molecular complexity index is 600. The molecule has 1 aromatic rings. The predicted molar refractivity (Wildman–Crippen MR) is 84.4 cm³/mol. The number of amides is 1. The summed E-state index contributed by atoms with van der Waals surface area (Å²) < 4.78 is 12.0. The van der Waals surface area contributed by atoms with Crippen LogP contribution >= 0.6 is 0 Å². The molecule has 23 heavy (non-hydrogen) atoms. The van der Waals surface area contributed by atoms with E-state index in [0.29, 0.717) is 25.3 Å². The molecule has 1 aliphatic carbocycles. The molecule has 2 heterocycles. The van der Waals surface area contributed by atoms with E-state index in [1.54, 1.807) is 18.2 Å². The van der Waals surface area contributed by atoms with Gasteiger partial charge in [-0.3, -0.25) is 4.79 Å². The number of rotatable bonds is 4. The Kier molecular flexibility index (Phi) is 3.77. The third-order valence-electron chi connectivity index (χ3n) is 5.14. The minimum absolute atomic E-state index is 0.0382. The normalized spacial score (nSPS) is 30.3. The first-order chi connectivity index (χ1) is 11.1. The first-order valence-corrected chi connectivity index (χ1v) is 8.47. The molecule has 0 radical (unpaired) electrons. The third kappa shape index (κ3) is 3.21. The van der Waals surface area contributed by atoms with E-state index in [-0.39, 0.29) is 23.4 Å². The Labute approximate surface area is 136 Å². The lowest BCUT2D eigenvalue weighted by Crippen LogP contribution is -2.36. The second kappa shape index (κ2) is 5.80. The molecule has 3 aliphatic rings. The van der Waals surface area contributed by atoms with Crippen molar-refractivity contribution in [2.45, 2.75) is 37.4 Å². The molecule has 5 heteroatoms. The lowest BCUT2D eigenvalue weighted by molar-refractivity contribution is 0.00157. The highest BCUT2D eigenvalue weighted by Gasteiger charge is 2.47. The predicted octanol–water partition coefficient (Wildman–Crippen LogP) is 2.19. The van der Waals surface area contributed by atoms with E-state index in [1.165, 1.54) is 18.9 Å². The minimum atomic E-state index is -0.235. The van der Waals surface area contributed by atoms with Crippen LogP contribution in [0, 0.1) is 5.92 Å². The maximum Gasteiger partial charge on any atom is 0.254 e. The molecule has 124 valence electrons. The van der Waals surface area contributed by atoms with Gasteiger partial charge in [0, 0.05) is 25.1 Å². The van der Waals surface area contributed by atoms with Crippen LogP contribution in [-0.2, 0) is 9.47 Å². The third-order valence-corrected chi connectivity index (χ3v) is 5.14. The van der Waals surface area contributed by atoms with E-state index in [1.807, 2.05) is 4.90 Å². The topological polar surface area (TPSA) is 59.0 Å². The second-order valence-electron chi connectivity index (χ2n) is 7.12. The summed E-state index contributed by atoms with van der Waals surface area (Å²) in [6.07, 6.45) is 4.51. The summed E-state index contributed by atoms with van der Waals surface area (Å²) >= 11 is 0. The zero-order valence-corrected chi connectivity index (χ0v) is 13.2. The molecule has 0 bridgehead atoms. The average molecular weight is 317 g/mol. The van der Waals surface area contributed by atoms with Gasteiger partial charge in [0.1, 0.15) is 5.75 Å². The van der Waals surface area contributed by atoms with Crippen LogP contribution in [0.5, 0.6) is 5.75 Å². The number of phenolic OH excluding ortho intramolecular Hbond substituents is 1. The van der Waals surface area contributed by atoms with Crippen LogP contribution in [-0.4, -0.2) is 53.9 Å². The van der Waals surface area contributed by atoms with Crippen LogP contribution in [0.3, 0.4) is 0 Å². The summed E-state index contributed by atoms with van der Waals surface area (Å²) in [5, 5.41) is 9.54. The van der Waals surface area contributed by atoms with Crippen molar-refractivity contribution >= 4 is 5.91 Å². The fourth-order valence-corrected chi connectivity index (χ4v) is 3.59. The minimum Gasteiger partial charge on any atom is -0.508 e. The Morgan fingerprint density at radius 3 is 3.09 bits per heavy atom. The number of phenols is 1. The average Bonchev–Trinajstić information content (AvgIpc) is 3.17.